The number of amides is 3. The van der Waals surface area contributed by atoms with Crippen molar-refractivity contribution < 1.29 is 33.7 Å². The Morgan fingerprint density at radius 3 is 2.15 bits per heavy atom. The van der Waals surface area contributed by atoms with E-state index in [-0.39, 0.29) is 37.4 Å². The van der Waals surface area contributed by atoms with Crippen LogP contribution in [-0.4, -0.2) is 85.4 Å². The van der Waals surface area contributed by atoms with Crippen LogP contribution in [0.25, 0.3) is 0 Å². The Hall–Kier alpha value is -4.15. The molecule has 246 valence electrons. The highest BCUT2D eigenvalue weighted by molar-refractivity contribution is 6.06. The average molecular weight is 632 g/mol. The Balaban J connectivity index is 1.51. The summed E-state index contributed by atoms with van der Waals surface area (Å²) in [6.07, 6.45) is 5.80. The maximum absolute atomic E-state index is 14.7. The molecule has 3 amide bonds. The summed E-state index contributed by atoms with van der Waals surface area (Å²) in [5.74, 6) is -0.926. The Bertz CT molecular complexity index is 1410. The lowest BCUT2D eigenvalue weighted by atomic mass is 9.70. The van der Waals surface area contributed by atoms with Crippen molar-refractivity contribution in [1.82, 2.24) is 4.90 Å². The van der Waals surface area contributed by atoms with Crippen LogP contribution >= 0.6 is 0 Å². The van der Waals surface area contributed by atoms with Crippen LogP contribution in [0.4, 0.5) is 11.4 Å². The first-order valence-corrected chi connectivity index (χ1v) is 16.2. The second-order valence-corrected chi connectivity index (χ2v) is 12.0. The van der Waals surface area contributed by atoms with E-state index in [9.17, 15) is 19.5 Å². The highest BCUT2D eigenvalue weighted by atomic mass is 16.5. The monoisotopic (exact) mass is 631 g/mol. The molecule has 2 unspecified atom stereocenters. The number of hydrogen-bond acceptors (Lipinski definition) is 7. The number of anilines is 2. The average Bonchev–Trinajstić information content (AvgIpc) is 3.72. The van der Waals surface area contributed by atoms with Gasteiger partial charge in [-0.25, -0.2) is 0 Å². The van der Waals surface area contributed by atoms with Crippen LogP contribution in [0.3, 0.4) is 0 Å². The van der Waals surface area contributed by atoms with Crippen LogP contribution in [0.5, 0.6) is 11.5 Å². The molecule has 2 bridgehead atoms. The number of nitrogens with zero attached hydrogens (tertiary/aromatic N) is 3. The normalized spacial score (nSPS) is 24.4. The van der Waals surface area contributed by atoms with Crippen LogP contribution in [-0.2, 0) is 19.1 Å². The Kier molecular flexibility index (Phi) is 10.5. The summed E-state index contributed by atoms with van der Waals surface area (Å²) < 4.78 is 17.6. The predicted molar refractivity (Wildman–Crippen MR) is 176 cm³/mol. The summed E-state index contributed by atoms with van der Waals surface area (Å²) in [7, 11) is 1.58. The number of aliphatic hydroxyl groups excluding tert-OH is 1. The van der Waals surface area contributed by atoms with Gasteiger partial charge in [0.05, 0.1) is 31.7 Å². The smallest absolute Gasteiger partial charge is 0.253 e. The Morgan fingerprint density at radius 1 is 0.978 bits per heavy atom. The third kappa shape index (κ3) is 6.03. The van der Waals surface area contributed by atoms with Crippen molar-refractivity contribution in [2.75, 3.05) is 49.8 Å². The SMILES string of the molecule is C=CCN(C(=O)C1N(CCCCCO)C(=O)[C@@H]2[C@H](C(=O)N(CC=C)c3ccc(OCC)cc3)[C@@H]3CCC12O3)c1ccc(OC)cc1. The zero-order valence-corrected chi connectivity index (χ0v) is 26.8. The van der Waals surface area contributed by atoms with Gasteiger partial charge in [0.15, 0.2) is 0 Å². The number of aliphatic hydroxyl groups is 1. The van der Waals surface area contributed by atoms with Gasteiger partial charge in [0, 0.05) is 37.6 Å². The van der Waals surface area contributed by atoms with Gasteiger partial charge >= 0.3 is 0 Å². The molecular formula is C36H45N3O7. The molecule has 0 aromatic heterocycles. The van der Waals surface area contributed by atoms with Crippen molar-refractivity contribution in [3.8, 4) is 11.5 Å². The molecule has 3 fully saturated rings. The predicted octanol–water partition coefficient (Wildman–Crippen LogP) is 4.37. The van der Waals surface area contributed by atoms with Crippen LogP contribution < -0.4 is 19.3 Å². The minimum Gasteiger partial charge on any atom is -0.497 e. The van der Waals surface area contributed by atoms with E-state index < -0.39 is 29.6 Å². The quantitative estimate of drug-likeness (QED) is 0.217. The van der Waals surface area contributed by atoms with Crippen LogP contribution in [0.1, 0.15) is 39.0 Å². The zero-order chi connectivity index (χ0) is 32.8. The second-order valence-electron chi connectivity index (χ2n) is 12.0. The lowest BCUT2D eigenvalue weighted by Gasteiger charge is -2.37. The molecular weight excluding hydrogens is 586 g/mol. The standard InChI is InChI=1S/C36H45N3O7/c1-5-21-37(25-13-17-28(18-14-25)45-7-3)33(41)30-29-19-20-36(46-29)31(30)34(42)39(23-9-8-10-24-40)32(36)35(43)38(22-6-2)26-11-15-27(44-4)16-12-26/h5-6,11-18,29-32,40H,1-2,7-10,19-24H2,3-4H3/t29-,30+,31-,32?,36?/m0/s1. The first-order chi connectivity index (χ1) is 22.3. The molecule has 46 heavy (non-hydrogen) atoms. The van der Waals surface area contributed by atoms with Gasteiger partial charge in [0.2, 0.25) is 11.8 Å². The van der Waals surface area contributed by atoms with E-state index in [4.69, 9.17) is 14.2 Å². The molecule has 0 saturated carbocycles. The number of carbonyl (C=O) groups is 3. The van der Waals surface area contributed by atoms with Crippen molar-refractivity contribution in [2.45, 2.75) is 56.8 Å². The lowest BCUT2D eigenvalue weighted by molar-refractivity contribution is -0.140. The number of ether oxygens (including phenoxy) is 3. The molecule has 3 heterocycles. The van der Waals surface area contributed by atoms with Gasteiger partial charge in [-0.05, 0) is 87.6 Å². The van der Waals surface area contributed by atoms with Gasteiger partial charge in [0.25, 0.3) is 5.91 Å². The molecule has 5 atom stereocenters. The molecule has 1 N–H and O–H groups in total. The van der Waals surface area contributed by atoms with E-state index in [1.807, 2.05) is 31.2 Å². The van der Waals surface area contributed by atoms with E-state index in [2.05, 4.69) is 13.2 Å². The fourth-order valence-electron chi connectivity index (χ4n) is 7.41. The number of fused-ring (bicyclic) bond motifs is 1. The number of likely N-dealkylation sites (tertiary alicyclic amines) is 1. The highest BCUT2D eigenvalue weighted by Gasteiger charge is 2.74. The van der Waals surface area contributed by atoms with Gasteiger partial charge in [-0.2, -0.15) is 0 Å². The number of carbonyl (C=O) groups excluding carboxylic acids is 3. The first kappa shape index (κ1) is 33.2. The van der Waals surface area contributed by atoms with Crippen LogP contribution in [0.15, 0.2) is 73.8 Å². The number of methoxy groups -OCH3 is 1. The van der Waals surface area contributed by atoms with Gasteiger partial charge in [-0.1, -0.05) is 12.2 Å². The van der Waals surface area contributed by atoms with Crippen molar-refractivity contribution in [2.24, 2.45) is 11.8 Å². The molecule has 5 rings (SSSR count). The molecule has 10 nitrogen and oxygen atoms in total. The maximum atomic E-state index is 14.7. The van der Waals surface area contributed by atoms with Crippen molar-refractivity contribution in [3.05, 3.63) is 73.8 Å². The van der Waals surface area contributed by atoms with Gasteiger partial charge in [-0.3, -0.25) is 14.4 Å². The van der Waals surface area contributed by atoms with E-state index >= 15 is 0 Å². The number of unbranched alkanes of at least 4 members (excludes halogenated alkanes) is 2. The van der Waals surface area contributed by atoms with Gasteiger partial charge in [-0.15, -0.1) is 13.2 Å². The van der Waals surface area contributed by atoms with E-state index in [1.54, 1.807) is 58.2 Å². The highest BCUT2D eigenvalue weighted by Crippen LogP contribution is 2.59. The maximum Gasteiger partial charge on any atom is 0.253 e. The molecule has 3 aliphatic heterocycles. The number of hydrogen-bond donors (Lipinski definition) is 1. The third-order valence-corrected chi connectivity index (χ3v) is 9.38. The topological polar surface area (TPSA) is 109 Å². The molecule has 2 aromatic carbocycles. The number of benzene rings is 2. The van der Waals surface area contributed by atoms with Crippen molar-refractivity contribution in [1.29, 1.82) is 0 Å². The number of rotatable bonds is 16. The largest absolute Gasteiger partial charge is 0.497 e. The Labute approximate surface area is 271 Å². The molecule has 2 aromatic rings. The molecule has 10 heteroatoms. The summed E-state index contributed by atoms with van der Waals surface area (Å²) in [6, 6.07) is 13.6. The van der Waals surface area contributed by atoms with Crippen molar-refractivity contribution in [3.63, 3.8) is 0 Å². The van der Waals surface area contributed by atoms with Crippen LogP contribution in [0.2, 0.25) is 0 Å². The van der Waals surface area contributed by atoms with Gasteiger partial charge < -0.3 is 34.0 Å². The van der Waals surface area contributed by atoms with Gasteiger partial charge in [0.1, 0.15) is 23.1 Å². The summed E-state index contributed by atoms with van der Waals surface area (Å²) in [5.41, 5.74) is 0.174. The Morgan fingerprint density at radius 2 is 1.59 bits per heavy atom. The molecule has 0 aliphatic carbocycles. The minimum absolute atomic E-state index is 0.0551. The zero-order valence-electron chi connectivity index (χ0n) is 26.8. The molecule has 1 spiro atoms. The second kappa shape index (κ2) is 14.5. The van der Waals surface area contributed by atoms with Crippen LogP contribution in [0, 0.1) is 11.8 Å². The van der Waals surface area contributed by atoms with Crippen molar-refractivity contribution >= 4 is 29.1 Å². The minimum atomic E-state index is -1.14. The fraction of sp³-hybridized carbons (Fsp3) is 0.472. The van der Waals surface area contributed by atoms with E-state index in [1.165, 1.54) is 0 Å². The molecule has 3 aliphatic rings. The summed E-state index contributed by atoms with van der Waals surface area (Å²) in [4.78, 5) is 48.5. The summed E-state index contributed by atoms with van der Waals surface area (Å²) in [6.45, 7) is 11.0. The third-order valence-electron chi connectivity index (χ3n) is 9.38. The van der Waals surface area contributed by atoms with E-state index in [0.29, 0.717) is 68.1 Å². The summed E-state index contributed by atoms with van der Waals surface area (Å²) in [5, 5.41) is 9.35. The fourth-order valence-corrected chi connectivity index (χ4v) is 7.41. The first-order valence-electron chi connectivity index (χ1n) is 16.2. The molecule has 3 saturated heterocycles. The lowest BCUT2D eigenvalue weighted by Crippen LogP contribution is -2.56. The summed E-state index contributed by atoms with van der Waals surface area (Å²) >= 11 is 0. The molecule has 0 radical (unpaired) electrons. The van der Waals surface area contributed by atoms with E-state index in [0.717, 1.165) is 0 Å².